The van der Waals surface area contributed by atoms with Crippen molar-refractivity contribution in [3.63, 3.8) is 0 Å². The van der Waals surface area contributed by atoms with Gasteiger partial charge in [0, 0.05) is 13.1 Å². The number of hydrogen-bond acceptors (Lipinski definition) is 4. The molecule has 0 atom stereocenters. The molecule has 8 heteroatoms. The van der Waals surface area contributed by atoms with Gasteiger partial charge in [0.1, 0.15) is 5.82 Å². The number of carbonyl (C=O) groups excluding carboxylic acids is 1. The van der Waals surface area contributed by atoms with E-state index in [0.717, 1.165) is 0 Å². The fraction of sp³-hybridized carbons (Fsp3) is 0.286. The molecular weight excluding hydrogens is 291 g/mol. The van der Waals surface area contributed by atoms with Crippen molar-refractivity contribution in [2.24, 2.45) is 0 Å². The highest BCUT2D eigenvalue weighted by molar-refractivity contribution is 5.92. The molecule has 1 heterocycles. The molecule has 0 saturated carbocycles. The zero-order valence-corrected chi connectivity index (χ0v) is 11.9. The number of carboxylic acid groups (broad SMARTS) is 1. The first-order valence-corrected chi connectivity index (χ1v) is 6.70. The Balaban J connectivity index is 2.14. The molecule has 1 amide bonds. The van der Waals surface area contributed by atoms with Crippen LogP contribution in [-0.2, 0) is 4.79 Å². The second-order valence-electron chi connectivity index (χ2n) is 4.52. The summed E-state index contributed by atoms with van der Waals surface area (Å²) >= 11 is 0. The molecule has 0 unspecified atom stereocenters. The average Bonchev–Trinajstić information content (AvgIpc) is 2.98. The standard InChI is InChI=1S/C14H15FN4O3/c1-2-18(8-7-13(20)21)14(22)12-9-16-19(17-12)11-5-3-10(15)4-6-11/h3-6,9H,2,7-8H2,1H3,(H,20,21). The summed E-state index contributed by atoms with van der Waals surface area (Å²) in [6, 6.07) is 5.52. The molecule has 0 bridgehead atoms. The number of halogens is 1. The molecule has 0 radical (unpaired) electrons. The van der Waals surface area contributed by atoms with Crippen LogP contribution in [0.25, 0.3) is 5.69 Å². The number of carbonyl (C=O) groups is 2. The normalized spacial score (nSPS) is 10.5. The van der Waals surface area contributed by atoms with E-state index < -0.39 is 11.9 Å². The molecule has 7 nitrogen and oxygen atoms in total. The van der Waals surface area contributed by atoms with E-state index in [9.17, 15) is 14.0 Å². The summed E-state index contributed by atoms with van der Waals surface area (Å²) < 4.78 is 12.9. The number of hydrogen-bond donors (Lipinski definition) is 1. The summed E-state index contributed by atoms with van der Waals surface area (Å²) in [5.74, 6) is -1.74. The van der Waals surface area contributed by atoms with Crippen molar-refractivity contribution >= 4 is 11.9 Å². The average molecular weight is 306 g/mol. The lowest BCUT2D eigenvalue weighted by atomic mass is 10.3. The summed E-state index contributed by atoms with van der Waals surface area (Å²) in [6.07, 6.45) is 1.17. The van der Waals surface area contributed by atoms with Crippen LogP contribution in [0.1, 0.15) is 23.8 Å². The van der Waals surface area contributed by atoms with Gasteiger partial charge in [-0.1, -0.05) is 0 Å². The van der Waals surface area contributed by atoms with Crippen molar-refractivity contribution in [3.8, 4) is 5.69 Å². The highest BCUT2D eigenvalue weighted by atomic mass is 19.1. The smallest absolute Gasteiger partial charge is 0.305 e. The monoisotopic (exact) mass is 306 g/mol. The van der Waals surface area contributed by atoms with E-state index in [1.807, 2.05) is 0 Å². The lowest BCUT2D eigenvalue weighted by molar-refractivity contribution is -0.137. The fourth-order valence-corrected chi connectivity index (χ4v) is 1.86. The molecule has 2 rings (SSSR count). The van der Waals surface area contributed by atoms with Crippen molar-refractivity contribution in [3.05, 3.63) is 42.0 Å². The van der Waals surface area contributed by atoms with Crippen molar-refractivity contribution in [2.45, 2.75) is 13.3 Å². The highest BCUT2D eigenvalue weighted by Gasteiger charge is 2.18. The van der Waals surface area contributed by atoms with Crippen LogP contribution < -0.4 is 0 Å². The molecule has 116 valence electrons. The zero-order chi connectivity index (χ0) is 16.1. The summed E-state index contributed by atoms with van der Waals surface area (Å²) in [7, 11) is 0. The van der Waals surface area contributed by atoms with E-state index in [4.69, 9.17) is 5.11 Å². The number of amides is 1. The molecule has 0 spiro atoms. The quantitative estimate of drug-likeness (QED) is 0.870. The topological polar surface area (TPSA) is 88.3 Å². The molecular formula is C14H15FN4O3. The third kappa shape index (κ3) is 3.66. The molecule has 0 aliphatic heterocycles. The van der Waals surface area contributed by atoms with Gasteiger partial charge in [0.2, 0.25) is 0 Å². The molecule has 1 aromatic heterocycles. The first-order chi connectivity index (χ1) is 10.5. The van der Waals surface area contributed by atoms with Crippen LogP contribution >= 0.6 is 0 Å². The molecule has 0 saturated heterocycles. The first kappa shape index (κ1) is 15.6. The minimum Gasteiger partial charge on any atom is -0.481 e. The van der Waals surface area contributed by atoms with Gasteiger partial charge in [-0.15, -0.1) is 5.10 Å². The summed E-state index contributed by atoms with van der Waals surface area (Å²) in [5.41, 5.74) is 0.630. The van der Waals surface area contributed by atoms with E-state index in [0.29, 0.717) is 12.2 Å². The lowest BCUT2D eigenvalue weighted by Crippen LogP contribution is -2.33. The van der Waals surface area contributed by atoms with Crippen LogP contribution in [0.5, 0.6) is 0 Å². The van der Waals surface area contributed by atoms with E-state index in [1.54, 1.807) is 6.92 Å². The van der Waals surface area contributed by atoms with Crippen LogP contribution in [0.15, 0.2) is 30.5 Å². The Morgan fingerprint density at radius 2 is 2.00 bits per heavy atom. The fourth-order valence-electron chi connectivity index (χ4n) is 1.86. The molecule has 2 aromatic rings. The maximum atomic E-state index is 12.9. The number of nitrogens with zero attached hydrogens (tertiary/aromatic N) is 4. The lowest BCUT2D eigenvalue weighted by Gasteiger charge is -2.18. The Bertz CT molecular complexity index is 669. The largest absolute Gasteiger partial charge is 0.481 e. The zero-order valence-electron chi connectivity index (χ0n) is 11.9. The number of aliphatic carboxylic acids is 1. The van der Waals surface area contributed by atoms with Gasteiger partial charge in [-0.05, 0) is 31.2 Å². The Kier molecular flexibility index (Phi) is 4.82. The summed E-state index contributed by atoms with van der Waals surface area (Å²) in [5, 5.41) is 16.7. The predicted molar refractivity (Wildman–Crippen MR) is 75.1 cm³/mol. The predicted octanol–water partition coefficient (Wildman–Crippen LogP) is 1.34. The van der Waals surface area contributed by atoms with Crippen LogP contribution in [0.2, 0.25) is 0 Å². The highest BCUT2D eigenvalue weighted by Crippen LogP contribution is 2.08. The maximum Gasteiger partial charge on any atom is 0.305 e. The van der Waals surface area contributed by atoms with E-state index in [1.165, 1.54) is 40.2 Å². The van der Waals surface area contributed by atoms with E-state index in [2.05, 4.69) is 10.2 Å². The molecule has 22 heavy (non-hydrogen) atoms. The van der Waals surface area contributed by atoms with Crippen LogP contribution in [0.3, 0.4) is 0 Å². The van der Waals surface area contributed by atoms with Crippen molar-refractivity contribution in [1.29, 1.82) is 0 Å². The third-order valence-electron chi connectivity index (χ3n) is 3.03. The van der Waals surface area contributed by atoms with Crippen molar-refractivity contribution in [1.82, 2.24) is 19.9 Å². The molecule has 1 N–H and O–H groups in total. The molecule has 1 aromatic carbocycles. The summed E-state index contributed by atoms with van der Waals surface area (Å²) in [4.78, 5) is 25.4. The van der Waals surface area contributed by atoms with Gasteiger partial charge in [0.15, 0.2) is 5.69 Å². The number of carboxylic acids is 1. The van der Waals surface area contributed by atoms with Gasteiger partial charge in [0.05, 0.1) is 18.3 Å². The SMILES string of the molecule is CCN(CCC(=O)O)C(=O)c1cnn(-c2ccc(F)cc2)n1. The van der Waals surface area contributed by atoms with Gasteiger partial charge in [0.25, 0.3) is 5.91 Å². The Morgan fingerprint density at radius 3 is 2.59 bits per heavy atom. The minimum absolute atomic E-state index is 0.105. The van der Waals surface area contributed by atoms with Gasteiger partial charge in [-0.3, -0.25) is 9.59 Å². The number of rotatable bonds is 6. The molecule has 0 fully saturated rings. The van der Waals surface area contributed by atoms with E-state index in [-0.39, 0.29) is 24.5 Å². The van der Waals surface area contributed by atoms with E-state index >= 15 is 0 Å². The second-order valence-corrected chi connectivity index (χ2v) is 4.52. The van der Waals surface area contributed by atoms with Gasteiger partial charge < -0.3 is 10.0 Å². The van der Waals surface area contributed by atoms with Crippen LogP contribution in [-0.4, -0.2) is 50.0 Å². The number of benzene rings is 1. The number of aromatic nitrogens is 3. The Labute approximate surface area is 126 Å². The third-order valence-corrected chi connectivity index (χ3v) is 3.03. The Hall–Kier alpha value is -2.77. The molecule has 0 aliphatic rings. The van der Waals surface area contributed by atoms with Crippen molar-refractivity contribution < 1.29 is 19.1 Å². The maximum absolute atomic E-state index is 12.9. The van der Waals surface area contributed by atoms with Crippen LogP contribution in [0, 0.1) is 5.82 Å². The summed E-state index contributed by atoms with van der Waals surface area (Å²) in [6.45, 7) is 2.23. The molecule has 0 aliphatic carbocycles. The van der Waals surface area contributed by atoms with Gasteiger partial charge >= 0.3 is 5.97 Å². The van der Waals surface area contributed by atoms with Gasteiger partial charge in [-0.2, -0.15) is 9.90 Å². The van der Waals surface area contributed by atoms with Gasteiger partial charge in [-0.25, -0.2) is 4.39 Å². The Morgan fingerprint density at radius 1 is 1.32 bits per heavy atom. The van der Waals surface area contributed by atoms with Crippen LogP contribution in [0.4, 0.5) is 4.39 Å². The minimum atomic E-state index is -0.971. The first-order valence-electron chi connectivity index (χ1n) is 6.70. The van der Waals surface area contributed by atoms with Crippen molar-refractivity contribution in [2.75, 3.05) is 13.1 Å². The second kappa shape index (κ2) is 6.79.